The molecule has 1 unspecified atom stereocenters. The first-order valence-corrected chi connectivity index (χ1v) is 13.1. The summed E-state index contributed by atoms with van der Waals surface area (Å²) in [7, 11) is 1.59. The summed E-state index contributed by atoms with van der Waals surface area (Å²) in [5, 5.41) is 0.464. The highest BCUT2D eigenvalue weighted by Crippen LogP contribution is 2.43. The molecule has 0 radical (unpaired) electrons. The molecule has 1 atom stereocenters. The zero-order valence-corrected chi connectivity index (χ0v) is 22.6. The van der Waals surface area contributed by atoms with Gasteiger partial charge in [0.25, 0.3) is 5.91 Å². The second-order valence-electron chi connectivity index (χ2n) is 9.99. The Morgan fingerprint density at radius 1 is 0.895 bits per heavy atom. The summed E-state index contributed by atoms with van der Waals surface area (Å²) in [5.41, 5.74) is 5.11. The highest BCUT2D eigenvalue weighted by molar-refractivity contribution is 6.10. The Hall–Kier alpha value is -4.06. The van der Waals surface area contributed by atoms with Gasteiger partial charge in [0.15, 0.2) is 16.9 Å². The molecule has 0 saturated heterocycles. The maximum absolute atomic E-state index is 13.9. The van der Waals surface area contributed by atoms with E-state index in [4.69, 9.17) is 13.9 Å². The van der Waals surface area contributed by atoms with Crippen molar-refractivity contribution in [1.82, 2.24) is 0 Å². The summed E-state index contributed by atoms with van der Waals surface area (Å²) >= 11 is 0. The third kappa shape index (κ3) is 4.44. The van der Waals surface area contributed by atoms with E-state index in [1.807, 2.05) is 69.3 Å². The van der Waals surface area contributed by atoms with Gasteiger partial charge in [-0.1, -0.05) is 43.5 Å². The van der Waals surface area contributed by atoms with Gasteiger partial charge in [0.2, 0.25) is 5.76 Å². The molecule has 6 nitrogen and oxygen atoms in total. The standard InChI is InChI=1S/C32H33NO5/c1-6-7-8-15-37-26-14-11-22(18-27(26)36-5)29-28-30(34)24-16-19(2)9-13-25(24)38-31(28)32(35)33(29)23-12-10-20(3)21(4)17-23/h9-14,16-18,29H,6-8,15H2,1-5H3. The van der Waals surface area contributed by atoms with Gasteiger partial charge in [0, 0.05) is 5.69 Å². The number of ether oxygens (including phenoxy) is 2. The number of hydrogen-bond donors (Lipinski definition) is 0. The van der Waals surface area contributed by atoms with Crippen LogP contribution < -0.4 is 19.8 Å². The Bertz CT molecular complexity index is 1590. The number of anilines is 1. The van der Waals surface area contributed by atoms with Gasteiger partial charge in [-0.05, 0) is 80.3 Å². The van der Waals surface area contributed by atoms with Gasteiger partial charge in [0.05, 0.1) is 30.7 Å². The number of carbonyl (C=O) groups excluding carboxylic acids is 1. The SMILES string of the molecule is CCCCCOc1ccc(C2c3c(oc4ccc(C)cc4c3=O)C(=O)N2c2ccc(C)c(C)c2)cc1OC. The highest BCUT2D eigenvalue weighted by atomic mass is 16.5. The molecular formula is C32H33NO5. The fraction of sp³-hybridized carbons (Fsp3) is 0.312. The van der Waals surface area contributed by atoms with Crippen LogP contribution in [0.5, 0.6) is 11.5 Å². The van der Waals surface area contributed by atoms with Crippen LogP contribution in [0.1, 0.15) is 70.6 Å². The summed E-state index contributed by atoms with van der Waals surface area (Å²) in [6.07, 6.45) is 3.16. The van der Waals surface area contributed by atoms with Gasteiger partial charge >= 0.3 is 0 Å². The van der Waals surface area contributed by atoms with Crippen molar-refractivity contribution in [2.45, 2.75) is 53.0 Å². The molecule has 0 aliphatic carbocycles. The van der Waals surface area contributed by atoms with Crippen LogP contribution in [0.3, 0.4) is 0 Å². The van der Waals surface area contributed by atoms with Crippen LogP contribution in [-0.4, -0.2) is 19.6 Å². The van der Waals surface area contributed by atoms with Crippen LogP contribution >= 0.6 is 0 Å². The number of amides is 1. The van der Waals surface area contributed by atoms with Crippen molar-refractivity contribution in [2.24, 2.45) is 0 Å². The molecule has 0 spiro atoms. The number of methoxy groups -OCH3 is 1. The zero-order chi connectivity index (χ0) is 27.0. The van der Waals surface area contributed by atoms with Crippen molar-refractivity contribution in [3.8, 4) is 11.5 Å². The molecule has 1 amide bonds. The van der Waals surface area contributed by atoms with E-state index in [1.54, 1.807) is 18.1 Å². The minimum Gasteiger partial charge on any atom is -0.493 e. The lowest BCUT2D eigenvalue weighted by Gasteiger charge is -2.26. The second kappa shape index (κ2) is 10.4. The number of rotatable bonds is 8. The minimum atomic E-state index is -0.677. The lowest BCUT2D eigenvalue weighted by atomic mass is 9.97. The first-order valence-electron chi connectivity index (χ1n) is 13.1. The predicted octanol–water partition coefficient (Wildman–Crippen LogP) is 7.05. The van der Waals surface area contributed by atoms with Crippen LogP contribution in [0.4, 0.5) is 5.69 Å². The van der Waals surface area contributed by atoms with Gasteiger partial charge in [-0.2, -0.15) is 0 Å². The largest absolute Gasteiger partial charge is 0.493 e. The molecule has 1 aliphatic rings. The highest BCUT2D eigenvalue weighted by Gasteiger charge is 2.44. The molecule has 3 aromatic carbocycles. The number of nitrogens with zero attached hydrogens (tertiary/aromatic N) is 1. The minimum absolute atomic E-state index is 0.0773. The molecule has 1 aliphatic heterocycles. The van der Waals surface area contributed by atoms with Crippen LogP contribution in [0.15, 0.2) is 63.8 Å². The number of fused-ring (bicyclic) bond motifs is 2. The van der Waals surface area contributed by atoms with Crippen LogP contribution in [0.25, 0.3) is 11.0 Å². The number of carbonyl (C=O) groups is 1. The fourth-order valence-corrected chi connectivity index (χ4v) is 5.05. The summed E-state index contributed by atoms with van der Waals surface area (Å²) in [6, 6.07) is 16.3. The molecule has 6 heteroatoms. The molecule has 196 valence electrons. The van der Waals surface area contributed by atoms with E-state index < -0.39 is 6.04 Å². The number of benzene rings is 3. The average molecular weight is 512 g/mol. The Labute approximate surface area is 222 Å². The van der Waals surface area contributed by atoms with Crippen molar-refractivity contribution in [2.75, 3.05) is 18.6 Å². The maximum Gasteiger partial charge on any atom is 0.295 e. The van der Waals surface area contributed by atoms with Crippen molar-refractivity contribution < 1.29 is 18.7 Å². The van der Waals surface area contributed by atoms with E-state index in [0.717, 1.165) is 41.5 Å². The summed E-state index contributed by atoms with van der Waals surface area (Å²) < 4.78 is 17.8. The van der Waals surface area contributed by atoms with Gasteiger partial charge in [-0.15, -0.1) is 0 Å². The van der Waals surface area contributed by atoms with E-state index in [0.29, 0.717) is 40.3 Å². The smallest absolute Gasteiger partial charge is 0.295 e. The average Bonchev–Trinajstić information content (AvgIpc) is 3.21. The van der Waals surface area contributed by atoms with Gasteiger partial charge in [-0.3, -0.25) is 14.5 Å². The summed E-state index contributed by atoms with van der Waals surface area (Å²) in [5.74, 6) is 0.928. The fourth-order valence-electron chi connectivity index (χ4n) is 5.05. The van der Waals surface area contributed by atoms with E-state index in [9.17, 15) is 9.59 Å². The quantitative estimate of drug-likeness (QED) is 0.237. The normalized spacial score (nSPS) is 14.7. The maximum atomic E-state index is 13.9. The van der Waals surface area contributed by atoms with Crippen molar-refractivity contribution in [1.29, 1.82) is 0 Å². The first-order chi connectivity index (χ1) is 18.3. The predicted molar refractivity (Wildman–Crippen MR) is 150 cm³/mol. The molecule has 0 N–H and O–H groups in total. The van der Waals surface area contributed by atoms with Gasteiger partial charge in [0.1, 0.15) is 5.58 Å². The van der Waals surface area contributed by atoms with Crippen molar-refractivity contribution >= 4 is 22.6 Å². The molecule has 5 rings (SSSR count). The van der Waals surface area contributed by atoms with Crippen LogP contribution in [0, 0.1) is 20.8 Å². The molecule has 38 heavy (non-hydrogen) atoms. The molecule has 1 aromatic heterocycles. The third-order valence-corrected chi connectivity index (χ3v) is 7.30. The number of unbranched alkanes of at least 4 members (excludes halogenated alkanes) is 2. The molecule has 2 heterocycles. The molecular weight excluding hydrogens is 478 g/mol. The Balaban J connectivity index is 1.69. The topological polar surface area (TPSA) is 69.0 Å². The first kappa shape index (κ1) is 25.6. The lowest BCUT2D eigenvalue weighted by molar-refractivity contribution is 0.0971. The van der Waals surface area contributed by atoms with E-state index in [1.165, 1.54) is 0 Å². The summed E-state index contributed by atoms with van der Waals surface area (Å²) in [4.78, 5) is 29.5. The third-order valence-electron chi connectivity index (χ3n) is 7.30. The molecule has 0 saturated carbocycles. The number of aryl methyl sites for hydroxylation is 3. The van der Waals surface area contributed by atoms with E-state index in [2.05, 4.69) is 6.92 Å². The molecule has 0 fully saturated rings. The van der Waals surface area contributed by atoms with Gasteiger partial charge < -0.3 is 13.9 Å². The zero-order valence-electron chi connectivity index (χ0n) is 22.6. The van der Waals surface area contributed by atoms with Crippen molar-refractivity contribution in [3.05, 3.63) is 98.4 Å². The molecule has 0 bridgehead atoms. The molecule has 4 aromatic rings. The van der Waals surface area contributed by atoms with Crippen LogP contribution in [-0.2, 0) is 0 Å². The Morgan fingerprint density at radius 2 is 1.71 bits per heavy atom. The van der Waals surface area contributed by atoms with E-state index in [-0.39, 0.29) is 17.1 Å². The summed E-state index contributed by atoms with van der Waals surface area (Å²) in [6.45, 7) is 8.72. The van der Waals surface area contributed by atoms with Gasteiger partial charge in [-0.25, -0.2) is 0 Å². The van der Waals surface area contributed by atoms with Crippen molar-refractivity contribution in [3.63, 3.8) is 0 Å². The Morgan fingerprint density at radius 3 is 2.45 bits per heavy atom. The number of hydrogen-bond acceptors (Lipinski definition) is 5. The second-order valence-corrected chi connectivity index (χ2v) is 9.99. The Kier molecular flexibility index (Phi) is 6.98. The van der Waals surface area contributed by atoms with E-state index >= 15 is 0 Å². The monoisotopic (exact) mass is 511 g/mol. The lowest BCUT2D eigenvalue weighted by Crippen LogP contribution is -2.29. The van der Waals surface area contributed by atoms with Crippen LogP contribution in [0.2, 0.25) is 0 Å².